The van der Waals surface area contributed by atoms with Crippen molar-refractivity contribution in [2.24, 2.45) is 0 Å². The zero-order valence-corrected chi connectivity index (χ0v) is 12.4. The maximum absolute atomic E-state index is 6.29. The Hall–Kier alpha value is -2.80. The minimum Gasteiger partial charge on any atom is -0.456 e. The number of aryl methyl sites for hydroxylation is 1. The maximum Gasteiger partial charge on any atom is 0.143 e. The molecule has 0 heterocycles. The first kappa shape index (κ1) is 12.9. The Labute approximate surface area is 129 Å². The lowest BCUT2D eigenvalue weighted by molar-refractivity contribution is 0.493. The molecule has 0 aliphatic heterocycles. The van der Waals surface area contributed by atoms with E-state index in [1.54, 1.807) is 0 Å². The molecule has 0 saturated heterocycles. The van der Waals surface area contributed by atoms with Crippen LogP contribution in [0.2, 0.25) is 0 Å². The monoisotopic (exact) mass is 284 g/mol. The van der Waals surface area contributed by atoms with Gasteiger partial charge in [0.15, 0.2) is 0 Å². The van der Waals surface area contributed by atoms with E-state index in [0.717, 1.165) is 16.9 Å². The average Bonchev–Trinajstić information content (AvgIpc) is 2.56. The number of hydrogen-bond acceptors (Lipinski definition) is 1. The largest absolute Gasteiger partial charge is 0.456 e. The Kier molecular flexibility index (Phi) is 3.05. The van der Waals surface area contributed by atoms with Gasteiger partial charge in [-0.3, -0.25) is 0 Å². The molecule has 0 fully saturated rings. The van der Waals surface area contributed by atoms with E-state index in [2.05, 4.69) is 55.5 Å². The van der Waals surface area contributed by atoms with Crippen LogP contribution in [0.15, 0.2) is 78.9 Å². The summed E-state index contributed by atoms with van der Waals surface area (Å²) in [6, 6.07) is 27.0. The second-order valence-electron chi connectivity index (χ2n) is 5.51. The van der Waals surface area contributed by atoms with Crippen LogP contribution in [0.3, 0.4) is 0 Å². The Balaban J connectivity index is 2.07. The Morgan fingerprint density at radius 2 is 1.41 bits per heavy atom. The van der Waals surface area contributed by atoms with Gasteiger partial charge in [0.1, 0.15) is 11.5 Å². The molecule has 0 N–H and O–H groups in total. The van der Waals surface area contributed by atoms with Crippen LogP contribution < -0.4 is 4.74 Å². The van der Waals surface area contributed by atoms with Gasteiger partial charge in [0, 0.05) is 10.8 Å². The van der Waals surface area contributed by atoms with E-state index >= 15 is 0 Å². The van der Waals surface area contributed by atoms with Crippen LogP contribution in [0, 0.1) is 6.92 Å². The minimum absolute atomic E-state index is 0.864. The third kappa shape index (κ3) is 2.11. The van der Waals surface area contributed by atoms with Crippen LogP contribution in [0.25, 0.3) is 21.5 Å². The fourth-order valence-electron chi connectivity index (χ4n) is 2.97. The van der Waals surface area contributed by atoms with Crippen LogP contribution in [-0.4, -0.2) is 0 Å². The predicted octanol–water partition coefficient (Wildman–Crippen LogP) is 6.09. The molecule has 0 bridgehead atoms. The van der Waals surface area contributed by atoms with E-state index < -0.39 is 0 Å². The minimum atomic E-state index is 0.864. The molecular weight excluding hydrogens is 268 g/mol. The van der Waals surface area contributed by atoms with Gasteiger partial charge in [-0.2, -0.15) is 0 Å². The van der Waals surface area contributed by atoms with E-state index in [1.807, 2.05) is 30.3 Å². The highest BCUT2D eigenvalue weighted by Gasteiger charge is 2.11. The molecule has 1 nitrogen and oxygen atoms in total. The van der Waals surface area contributed by atoms with E-state index in [4.69, 9.17) is 4.74 Å². The third-order valence-electron chi connectivity index (χ3n) is 4.01. The predicted molar refractivity (Wildman–Crippen MR) is 92.7 cm³/mol. The van der Waals surface area contributed by atoms with Crippen molar-refractivity contribution in [3.63, 3.8) is 0 Å². The smallest absolute Gasteiger partial charge is 0.143 e. The summed E-state index contributed by atoms with van der Waals surface area (Å²) in [4.78, 5) is 0. The Morgan fingerprint density at radius 1 is 0.682 bits per heavy atom. The lowest BCUT2D eigenvalue weighted by Gasteiger charge is -2.14. The number of rotatable bonds is 2. The first-order valence-corrected chi connectivity index (χ1v) is 7.47. The van der Waals surface area contributed by atoms with Crippen molar-refractivity contribution >= 4 is 21.5 Å². The fourth-order valence-corrected chi connectivity index (χ4v) is 2.97. The summed E-state index contributed by atoms with van der Waals surface area (Å²) in [5.74, 6) is 1.81. The number of ether oxygens (including phenoxy) is 1. The molecule has 0 saturated carbocycles. The molecule has 0 spiro atoms. The Morgan fingerprint density at radius 3 is 2.27 bits per heavy atom. The van der Waals surface area contributed by atoms with Gasteiger partial charge >= 0.3 is 0 Å². The molecule has 1 heteroatoms. The van der Waals surface area contributed by atoms with Gasteiger partial charge in [0.2, 0.25) is 0 Å². The van der Waals surface area contributed by atoms with Gasteiger partial charge in [0.05, 0.1) is 0 Å². The molecule has 106 valence electrons. The second-order valence-corrected chi connectivity index (χ2v) is 5.51. The molecule has 0 atom stereocenters. The fraction of sp³-hybridized carbons (Fsp3) is 0.0476. The first-order chi connectivity index (χ1) is 10.8. The van der Waals surface area contributed by atoms with Crippen molar-refractivity contribution in [3.8, 4) is 11.5 Å². The van der Waals surface area contributed by atoms with Crippen LogP contribution in [0.1, 0.15) is 5.56 Å². The normalized spacial score (nSPS) is 11.0. The average molecular weight is 284 g/mol. The molecule has 0 unspecified atom stereocenters. The molecule has 0 amide bonds. The van der Waals surface area contributed by atoms with Gasteiger partial charge in [-0.15, -0.1) is 0 Å². The summed E-state index contributed by atoms with van der Waals surface area (Å²) >= 11 is 0. The quantitative estimate of drug-likeness (QED) is 0.404. The summed E-state index contributed by atoms with van der Waals surface area (Å²) < 4.78 is 6.29. The maximum atomic E-state index is 6.29. The lowest BCUT2D eigenvalue weighted by Crippen LogP contribution is -1.90. The van der Waals surface area contributed by atoms with Crippen LogP contribution in [0.5, 0.6) is 11.5 Å². The van der Waals surface area contributed by atoms with Crippen molar-refractivity contribution in [2.75, 3.05) is 0 Å². The number of para-hydroxylation sites is 1. The van der Waals surface area contributed by atoms with Crippen LogP contribution >= 0.6 is 0 Å². The van der Waals surface area contributed by atoms with Crippen molar-refractivity contribution in [1.82, 2.24) is 0 Å². The SMILES string of the molecule is Cc1cccc2cc3ccccc3c(Oc3ccccc3)c12. The Bertz CT molecular complexity index is 955. The third-order valence-corrected chi connectivity index (χ3v) is 4.01. The molecular formula is C21H16O. The van der Waals surface area contributed by atoms with E-state index in [0.29, 0.717) is 0 Å². The van der Waals surface area contributed by atoms with Gasteiger partial charge in [-0.25, -0.2) is 0 Å². The molecule has 4 rings (SSSR count). The second kappa shape index (κ2) is 5.19. The van der Waals surface area contributed by atoms with E-state index in [-0.39, 0.29) is 0 Å². The highest BCUT2D eigenvalue weighted by atomic mass is 16.5. The van der Waals surface area contributed by atoms with E-state index in [1.165, 1.54) is 21.7 Å². The lowest BCUT2D eigenvalue weighted by atomic mass is 9.99. The van der Waals surface area contributed by atoms with Crippen molar-refractivity contribution in [1.29, 1.82) is 0 Å². The zero-order valence-electron chi connectivity index (χ0n) is 12.4. The van der Waals surface area contributed by atoms with Gasteiger partial charge in [-0.05, 0) is 41.5 Å². The highest BCUT2D eigenvalue weighted by molar-refractivity contribution is 6.06. The van der Waals surface area contributed by atoms with Gasteiger partial charge < -0.3 is 4.74 Å². The zero-order chi connectivity index (χ0) is 14.9. The topological polar surface area (TPSA) is 9.23 Å². The standard InChI is InChI=1S/C21H16O/c1-15-8-7-10-17-14-16-9-5-6-13-19(16)21(20(15)17)22-18-11-3-2-4-12-18/h2-14H,1H3. The van der Waals surface area contributed by atoms with Crippen LogP contribution in [-0.2, 0) is 0 Å². The van der Waals surface area contributed by atoms with Crippen molar-refractivity contribution < 1.29 is 4.74 Å². The van der Waals surface area contributed by atoms with Gasteiger partial charge in [-0.1, -0.05) is 60.7 Å². The number of hydrogen-bond donors (Lipinski definition) is 0. The molecule has 0 aliphatic rings. The molecule has 4 aromatic carbocycles. The van der Waals surface area contributed by atoms with Gasteiger partial charge in [0.25, 0.3) is 0 Å². The summed E-state index contributed by atoms with van der Waals surface area (Å²) in [6.07, 6.45) is 0. The summed E-state index contributed by atoms with van der Waals surface area (Å²) in [5.41, 5.74) is 1.23. The summed E-state index contributed by atoms with van der Waals surface area (Å²) in [6.45, 7) is 2.13. The number of benzene rings is 4. The van der Waals surface area contributed by atoms with Crippen molar-refractivity contribution in [2.45, 2.75) is 6.92 Å². The molecule has 4 aromatic rings. The number of fused-ring (bicyclic) bond motifs is 2. The summed E-state index contributed by atoms with van der Waals surface area (Å²) in [7, 11) is 0. The first-order valence-electron chi connectivity index (χ1n) is 7.47. The van der Waals surface area contributed by atoms with E-state index in [9.17, 15) is 0 Å². The highest BCUT2D eigenvalue weighted by Crippen LogP contribution is 2.39. The molecule has 22 heavy (non-hydrogen) atoms. The molecule has 0 aliphatic carbocycles. The van der Waals surface area contributed by atoms with Crippen molar-refractivity contribution in [3.05, 3.63) is 84.4 Å². The summed E-state index contributed by atoms with van der Waals surface area (Å²) in [5, 5.41) is 4.74. The molecule has 0 aromatic heterocycles. The van der Waals surface area contributed by atoms with Crippen LogP contribution in [0.4, 0.5) is 0 Å². The molecule has 0 radical (unpaired) electrons.